The standard InChI is InChI=1S/C19H15F5N4O/c20-13-7-11(27-18(29)12-5-6-26-9-14(12)21)3-4-15(13)28-16(10-1-2-10)8-17(25)19(22,23)24/h3-10H,1-2,25H2,(H,27,29). The van der Waals surface area contributed by atoms with Gasteiger partial charge in [0.1, 0.15) is 5.70 Å². The summed E-state index contributed by atoms with van der Waals surface area (Å²) in [6, 6.07) is 4.62. The predicted molar refractivity (Wildman–Crippen MR) is 96.7 cm³/mol. The number of rotatable bonds is 5. The Morgan fingerprint density at radius 2 is 1.93 bits per heavy atom. The Hall–Kier alpha value is -3.30. The summed E-state index contributed by atoms with van der Waals surface area (Å²) < 4.78 is 66.0. The molecule has 1 aromatic heterocycles. The zero-order chi connectivity index (χ0) is 21.2. The number of pyridine rings is 1. The summed E-state index contributed by atoms with van der Waals surface area (Å²) in [4.78, 5) is 19.6. The summed E-state index contributed by atoms with van der Waals surface area (Å²) in [5.41, 5.74) is 3.31. The highest BCUT2D eigenvalue weighted by atomic mass is 19.4. The van der Waals surface area contributed by atoms with Gasteiger partial charge in [0.05, 0.1) is 17.4 Å². The molecule has 0 unspecified atom stereocenters. The van der Waals surface area contributed by atoms with Gasteiger partial charge in [0.2, 0.25) is 0 Å². The quantitative estimate of drug-likeness (QED) is 0.563. The Labute approximate surface area is 162 Å². The first-order valence-corrected chi connectivity index (χ1v) is 8.48. The van der Waals surface area contributed by atoms with E-state index in [4.69, 9.17) is 5.73 Å². The van der Waals surface area contributed by atoms with Crippen molar-refractivity contribution in [3.05, 3.63) is 65.6 Å². The normalized spacial score (nSPS) is 15.3. The minimum atomic E-state index is -4.70. The van der Waals surface area contributed by atoms with E-state index in [1.165, 1.54) is 24.4 Å². The zero-order valence-corrected chi connectivity index (χ0v) is 14.8. The Morgan fingerprint density at radius 1 is 1.21 bits per heavy atom. The number of carbonyl (C=O) groups is 1. The lowest BCUT2D eigenvalue weighted by Gasteiger charge is -2.09. The van der Waals surface area contributed by atoms with Crippen molar-refractivity contribution in [2.24, 2.45) is 16.6 Å². The van der Waals surface area contributed by atoms with Gasteiger partial charge in [-0.25, -0.2) is 8.78 Å². The molecule has 1 saturated carbocycles. The number of aromatic nitrogens is 1. The Bertz CT molecular complexity index is 996. The lowest BCUT2D eigenvalue weighted by atomic mass is 10.2. The number of nitrogens with zero attached hydrogens (tertiary/aromatic N) is 2. The van der Waals surface area contributed by atoms with Crippen molar-refractivity contribution in [1.82, 2.24) is 4.98 Å². The number of aliphatic imine (C=N–C) groups is 1. The fraction of sp³-hybridized carbons (Fsp3) is 0.211. The van der Waals surface area contributed by atoms with Crippen LogP contribution >= 0.6 is 0 Å². The van der Waals surface area contributed by atoms with E-state index in [1.807, 2.05) is 0 Å². The van der Waals surface area contributed by atoms with Crippen molar-refractivity contribution < 1.29 is 26.7 Å². The summed E-state index contributed by atoms with van der Waals surface area (Å²) in [5, 5.41) is 2.33. The topological polar surface area (TPSA) is 80.4 Å². The molecule has 0 aliphatic heterocycles. The average Bonchev–Trinajstić information content (AvgIpc) is 3.47. The Morgan fingerprint density at radius 3 is 2.52 bits per heavy atom. The second-order valence-corrected chi connectivity index (χ2v) is 6.38. The van der Waals surface area contributed by atoms with Crippen LogP contribution < -0.4 is 11.1 Å². The summed E-state index contributed by atoms with van der Waals surface area (Å²) in [7, 11) is 0. The molecule has 2 aromatic rings. The largest absolute Gasteiger partial charge is 0.430 e. The summed E-state index contributed by atoms with van der Waals surface area (Å²) in [6.45, 7) is 0. The van der Waals surface area contributed by atoms with E-state index < -0.39 is 29.4 Å². The van der Waals surface area contributed by atoms with Gasteiger partial charge in [0.25, 0.3) is 5.91 Å². The molecule has 0 spiro atoms. The van der Waals surface area contributed by atoms with Crippen molar-refractivity contribution in [1.29, 1.82) is 0 Å². The molecule has 3 N–H and O–H groups in total. The molecule has 1 heterocycles. The van der Waals surface area contributed by atoms with Gasteiger partial charge >= 0.3 is 6.18 Å². The average molecular weight is 410 g/mol. The second kappa shape index (κ2) is 7.98. The molecule has 1 fully saturated rings. The molecule has 1 aliphatic carbocycles. The minimum absolute atomic E-state index is 0.0287. The summed E-state index contributed by atoms with van der Waals surface area (Å²) >= 11 is 0. The van der Waals surface area contributed by atoms with Crippen LogP contribution in [0.25, 0.3) is 0 Å². The molecule has 0 radical (unpaired) electrons. The fourth-order valence-electron chi connectivity index (χ4n) is 2.43. The molecule has 10 heteroatoms. The predicted octanol–water partition coefficient (Wildman–Crippen LogP) is 4.50. The van der Waals surface area contributed by atoms with E-state index in [-0.39, 0.29) is 28.6 Å². The maximum absolute atomic E-state index is 14.4. The second-order valence-electron chi connectivity index (χ2n) is 6.38. The number of amides is 1. The first kappa shape index (κ1) is 20.4. The molecular formula is C19H15F5N4O. The number of nitrogens with one attached hydrogen (secondary N) is 1. The van der Waals surface area contributed by atoms with Crippen molar-refractivity contribution in [2.45, 2.75) is 19.0 Å². The monoisotopic (exact) mass is 410 g/mol. The molecule has 29 heavy (non-hydrogen) atoms. The van der Waals surface area contributed by atoms with Crippen LogP contribution in [0.4, 0.5) is 33.3 Å². The maximum atomic E-state index is 14.4. The number of hydrogen-bond acceptors (Lipinski definition) is 4. The number of benzene rings is 1. The van der Waals surface area contributed by atoms with Gasteiger partial charge in [-0.15, -0.1) is 0 Å². The van der Waals surface area contributed by atoms with Crippen LogP contribution in [0.5, 0.6) is 0 Å². The van der Waals surface area contributed by atoms with Crippen molar-refractivity contribution in [3.8, 4) is 0 Å². The first-order valence-electron chi connectivity index (χ1n) is 8.48. The maximum Gasteiger partial charge on any atom is 0.430 e. The zero-order valence-electron chi connectivity index (χ0n) is 14.8. The third-order valence-corrected chi connectivity index (χ3v) is 4.10. The van der Waals surface area contributed by atoms with Crippen LogP contribution in [-0.2, 0) is 0 Å². The van der Waals surface area contributed by atoms with Gasteiger partial charge in [-0.1, -0.05) is 0 Å². The highest BCUT2D eigenvalue weighted by Crippen LogP contribution is 2.35. The van der Waals surface area contributed by atoms with Gasteiger partial charge < -0.3 is 11.1 Å². The van der Waals surface area contributed by atoms with Crippen LogP contribution in [0.15, 0.2) is 53.4 Å². The van der Waals surface area contributed by atoms with E-state index in [9.17, 15) is 26.7 Å². The van der Waals surface area contributed by atoms with Crippen LogP contribution in [-0.4, -0.2) is 22.8 Å². The number of halogens is 5. The van der Waals surface area contributed by atoms with E-state index in [0.717, 1.165) is 12.3 Å². The van der Waals surface area contributed by atoms with E-state index >= 15 is 0 Å². The Balaban J connectivity index is 1.82. The summed E-state index contributed by atoms with van der Waals surface area (Å²) in [5.74, 6) is -2.73. The van der Waals surface area contributed by atoms with Gasteiger partial charge in [0.15, 0.2) is 11.6 Å². The molecule has 1 aromatic carbocycles. The van der Waals surface area contributed by atoms with Crippen LogP contribution in [0.3, 0.4) is 0 Å². The third-order valence-electron chi connectivity index (χ3n) is 4.10. The van der Waals surface area contributed by atoms with Gasteiger partial charge in [0, 0.05) is 23.5 Å². The molecular weight excluding hydrogens is 395 g/mol. The Kier molecular flexibility index (Phi) is 5.62. The van der Waals surface area contributed by atoms with Gasteiger partial charge in [-0.05, 0) is 43.2 Å². The fourth-order valence-corrected chi connectivity index (χ4v) is 2.43. The number of alkyl halides is 3. The smallest absolute Gasteiger partial charge is 0.395 e. The third kappa shape index (κ3) is 5.15. The van der Waals surface area contributed by atoms with Gasteiger partial charge in [-0.2, -0.15) is 13.2 Å². The van der Waals surface area contributed by atoms with E-state index in [1.54, 1.807) is 0 Å². The van der Waals surface area contributed by atoms with Crippen molar-refractivity contribution in [3.63, 3.8) is 0 Å². The van der Waals surface area contributed by atoms with Crippen LogP contribution in [0.1, 0.15) is 23.2 Å². The number of anilines is 1. The molecule has 152 valence electrons. The number of nitrogens with two attached hydrogens (primary N) is 1. The van der Waals surface area contributed by atoms with E-state index in [2.05, 4.69) is 15.3 Å². The molecule has 3 rings (SSSR count). The minimum Gasteiger partial charge on any atom is -0.395 e. The molecule has 1 aliphatic rings. The SMILES string of the molecule is NC(=CC(=Nc1ccc(NC(=O)c2ccncc2F)cc1F)C1CC1)C(F)(F)F. The number of carbonyl (C=O) groups excluding carboxylic acids is 1. The molecule has 0 atom stereocenters. The first-order chi connectivity index (χ1) is 13.6. The molecule has 5 nitrogen and oxygen atoms in total. The molecule has 1 amide bonds. The lowest BCUT2D eigenvalue weighted by molar-refractivity contribution is -0.0925. The molecule has 0 saturated heterocycles. The van der Waals surface area contributed by atoms with Crippen molar-refractivity contribution >= 4 is 23.0 Å². The highest BCUT2D eigenvalue weighted by Gasteiger charge is 2.34. The van der Waals surface area contributed by atoms with Gasteiger partial charge in [-0.3, -0.25) is 14.8 Å². The van der Waals surface area contributed by atoms with Crippen molar-refractivity contribution in [2.75, 3.05) is 5.32 Å². The summed E-state index contributed by atoms with van der Waals surface area (Å²) in [6.07, 6.45) is -0.631. The highest BCUT2D eigenvalue weighted by molar-refractivity contribution is 6.04. The lowest BCUT2D eigenvalue weighted by Crippen LogP contribution is -2.21. The van der Waals surface area contributed by atoms with E-state index in [0.29, 0.717) is 18.9 Å². The van der Waals surface area contributed by atoms with Crippen LogP contribution in [0, 0.1) is 17.6 Å². The molecule has 0 bridgehead atoms. The number of allylic oxidation sites excluding steroid dienone is 2. The van der Waals surface area contributed by atoms with Crippen LogP contribution in [0.2, 0.25) is 0 Å². The number of hydrogen-bond donors (Lipinski definition) is 2.